The van der Waals surface area contributed by atoms with Gasteiger partial charge in [-0.1, -0.05) is 30.7 Å². The molecule has 1 aromatic heterocycles. The molecule has 1 fully saturated rings. The lowest BCUT2D eigenvalue weighted by Gasteiger charge is -2.31. The molecule has 1 aliphatic rings. The molecule has 8 nitrogen and oxygen atoms in total. The number of nitrogens with one attached hydrogen (secondary N) is 1. The highest BCUT2D eigenvalue weighted by atomic mass is 35.5. The molecule has 0 aliphatic carbocycles. The quantitative estimate of drug-likeness (QED) is 0.607. The van der Waals surface area contributed by atoms with Crippen molar-refractivity contribution in [2.45, 2.75) is 26.3 Å². The van der Waals surface area contributed by atoms with E-state index in [1.165, 1.54) is 0 Å². The summed E-state index contributed by atoms with van der Waals surface area (Å²) in [7, 11) is 0. The van der Waals surface area contributed by atoms with E-state index in [0.29, 0.717) is 24.0 Å². The minimum Gasteiger partial charge on any atom is -0.378 e. The van der Waals surface area contributed by atoms with E-state index in [-0.39, 0.29) is 23.3 Å². The van der Waals surface area contributed by atoms with Gasteiger partial charge in [-0.15, -0.1) is 0 Å². The average Bonchev–Trinajstić information content (AvgIpc) is 2.60. The molecule has 3 N–H and O–H groups in total. The van der Waals surface area contributed by atoms with Crippen molar-refractivity contribution in [1.29, 1.82) is 0 Å². The molecule has 0 saturated carbocycles. The van der Waals surface area contributed by atoms with E-state index >= 15 is 0 Å². The second kappa shape index (κ2) is 7.74. The molecule has 2 aromatic rings. The fourth-order valence-corrected chi connectivity index (χ4v) is 3.23. The Kier molecular flexibility index (Phi) is 5.41. The Hall–Kier alpha value is -2.61. The van der Waals surface area contributed by atoms with Crippen LogP contribution in [0.2, 0.25) is 5.02 Å². The van der Waals surface area contributed by atoms with E-state index in [0.717, 1.165) is 24.9 Å². The topological polar surface area (TPSA) is 110 Å². The number of hydrogen-bond acceptors (Lipinski definition) is 7. The van der Waals surface area contributed by atoms with Crippen molar-refractivity contribution in [3.8, 4) is 0 Å². The van der Waals surface area contributed by atoms with Gasteiger partial charge in [-0.2, -0.15) is 9.97 Å². The molecular weight excluding hydrogens is 356 g/mol. The molecular formula is C17H21ClN6O2. The first-order valence-electron chi connectivity index (χ1n) is 8.49. The zero-order chi connectivity index (χ0) is 18.7. The van der Waals surface area contributed by atoms with Crippen LogP contribution in [0, 0.1) is 16.0 Å². The minimum absolute atomic E-state index is 0.128. The van der Waals surface area contributed by atoms with Crippen LogP contribution >= 0.6 is 11.6 Å². The third-order valence-electron chi connectivity index (χ3n) is 4.40. The first kappa shape index (κ1) is 18.2. The second-order valence-corrected chi connectivity index (χ2v) is 6.97. The fraction of sp³-hybridized carbons (Fsp3) is 0.412. The van der Waals surface area contributed by atoms with Gasteiger partial charge in [0.05, 0.1) is 4.92 Å². The summed E-state index contributed by atoms with van der Waals surface area (Å²) in [6.45, 7) is 4.03. The molecule has 1 aromatic carbocycles. The normalized spacial score (nSPS) is 17.2. The summed E-state index contributed by atoms with van der Waals surface area (Å²) < 4.78 is 0. The van der Waals surface area contributed by atoms with Crippen LogP contribution in [0.4, 0.5) is 23.3 Å². The van der Waals surface area contributed by atoms with Gasteiger partial charge in [-0.05, 0) is 36.5 Å². The molecule has 3 rings (SSSR count). The summed E-state index contributed by atoms with van der Waals surface area (Å²) in [6.07, 6.45) is 2.07. The van der Waals surface area contributed by atoms with E-state index < -0.39 is 4.92 Å². The van der Waals surface area contributed by atoms with Crippen LogP contribution in [0.25, 0.3) is 0 Å². The fourth-order valence-electron chi connectivity index (χ4n) is 3.10. The first-order chi connectivity index (χ1) is 12.4. The van der Waals surface area contributed by atoms with Crippen molar-refractivity contribution in [3.63, 3.8) is 0 Å². The van der Waals surface area contributed by atoms with Crippen molar-refractivity contribution < 1.29 is 4.92 Å². The minimum atomic E-state index is -0.507. The number of benzene rings is 1. The number of nitrogen functional groups attached to an aromatic ring is 1. The Morgan fingerprint density at radius 1 is 1.38 bits per heavy atom. The number of nitrogens with zero attached hydrogens (tertiary/aromatic N) is 4. The molecule has 0 spiro atoms. The summed E-state index contributed by atoms with van der Waals surface area (Å²) in [5, 5.41) is 15.2. The van der Waals surface area contributed by atoms with Gasteiger partial charge in [-0.25, -0.2) is 0 Å². The molecule has 0 unspecified atom stereocenters. The SMILES string of the molecule is C[C@H]1CCCN(c2nc(NCc3ccc(Cl)cc3)nc(N)c2[N+](=O)[O-])C1. The third-order valence-corrected chi connectivity index (χ3v) is 4.65. The van der Waals surface area contributed by atoms with E-state index in [2.05, 4.69) is 22.2 Å². The van der Waals surface area contributed by atoms with Crippen LogP contribution in [0.15, 0.2) is 24.3 Å². The van der Waals surface area contributed by atoms with Crippen molar-refractivity contribution in [3.05, 3.63) is 45.0 Å². The molecule has 0 radical (unpaired) electrons. The van der Waals surface area contributed by atoms with Crippen LogP contribution in [-0.4, -0.2) is 28.0 Å². The Labute approximate surface area is 156 Å². The number of nitro groups is 1. The van der Waals surface area contributed by atoms with E-state index in [1.54, 1.807) is 12.1 Å². The van der Waals surface area contributed by atoms with Crippen LogP contribution < -0.4 is 16.0 Å². The highest BCUT2D eigenvalue weighted by molar-refractivity contribution is 6.30. The number of rotatable bonds is 5. The standard InChI is InChI=1S/C17H21ClN6O2/c1-11-3-2-8-23(10-11)16-14(24(25)26)15(19)21-17(22-16)20-9-12-4-6-13(18)7-5-12/h4-7,11H,2-3,8-10H2,1H3,(H3,19,20,21,22)/t11-/m0/s1. The highest BCUT2D eigenvalue weighted by Crippen LogP contribution is 2.34. The van der Waals surface area contributed by atoms with Gasteiger partial charge < -0.3 is 16.0 Å². The summed E-state index contributed by atoms with van der Waals surface area (Å²) >= 11 is 5.88. The smallest absolute Gasteiger partial charge is 0.353 e. The van der Waals surface area contributed by atoms with Crippen LogP contribution in [0.5, 0.6) is 0 Å². The number of piperidine rings is 1. The van der Waals surface area contributed by atoms with Gasteiger partial charge in [0.1, 0.15) is 0 Å². The second-order valence-electron chi connectivity index (χ2n) is 6.54. The maximum Gasteiger partial charge on any atom is 0.353 e. The third kappa shape index (κ3) is 4.13. The predicted molar refractivity (Wildman–Crippen MR) is 102 cm³/mol. The predicted octanol–water partition coefficient (Wildman–Crippen LogP) is 3.47. The average molecular weight is 377 g/mol. The summed E-state index contributed by atoms with van der Waals surface area (Å²) in [5.74, 6) is 0.880. The molecule has 1 atom stereocenters. The van der Waals surface area contributed by atoms with Gasteiger partial charge in [0, 0.05) is 24.7 Å². The van der Waals surface area contributed by atoms with Crippen molar-refractivity contribution in [1.82, 2.24) is 9.97 Å². The Bertz CT molecular complexity index is 799. The maximum atomic E-state index is 11.5. The van der Waals surface area contributed by atoms with Crippen molar-refractivity contribution in [2.24, 2.45) is 5.92 Å². The van der Waals surface area contributed by atoms with Gasteiger partial charge >= 0.3 is 5.69 Å². The number of nitrogens with two attached hydrogens (primary N) is 1. The molecule has 0 amide bonds. The zero-order valence-electron chi connectivity index (χ0n) is 14.5. The number of aromatic nitrogens is 2. The van der Waals surface area contributed by atoms with Crippen molar-refractivity contribution >= 4 is 34.9 Å². The lowest BCUT2D eigenvalue weighted by Crippen LogP contribution is -2.35. The number of halogens is 1. The van der Waals surface area contributed by atoms with E-state index in [9.17, 15) is 10.1 Å². The van der Waals surface area contributed by atoms with Crippen LogP contribution in [-0.2, 0) is 6.54 Å². The van der Waals surface area contributed by atoms with E-state index in [1.807, 2.05) is 17.0 Å². The summed E-state index contributed by atoms with van der Waals surface area (Å²) in [6, 6.07) is 7.36. The Morgan fingerprint density at radius 2 is 2.12 bits per heavy atom. The Morgan fingerprint density at radius 3 is 2.77 bits per heavy atom. The van der Waals surface area contributed by atoms with Crippen LogP contribution in [0.1, 0.15) is 25.3 Å². The molecule has 9 heteroatoms. The van der Waals surface area contributed by atoms with Gasteiger partial charge in [0.15, 0.2) is 0 Å². The molecule has 0 bridgehead atoms. The van der Waals surface area contributed by atoms with Crippen molar-refractivity contribution in [2.75, 3.05) is 29.0 Å². The monoisotopic (exact) mass is 376 g/mol. The summed E-state index contributed by atoms with van der Waals surface area (Å²) in [4.78, 5) is 21.4. The molecule has 1 saturated heterocycles. The number of hydrogen-bond donors (Lipinski definition) is 2. The largest absolute Gasteiger partial charge is 0.378 e. The summed E-state index contributed by atoms with van der Waals surface area (Å²) in [5.41, 5.74) is 6.64. The zero-order valence-corrected chi connectivity index (χ0v) is 15.2. The number of anilines is 3. The van der Waals surface area contributed by atoms with Gasteiger partial charge in [0.25, 0.3) is 0 Å². The van der Waals surface area contributed by atoms with Gasteiger partial charge in [0.2, 0.25) is 17.6 Å². The molecule has 1 aliphatic heterocycles. The maximum absolute atomic E-state index is 11.5. The molecule has 26 heavy (non-hydrogen) atoms. The first-order valence-corrected chi connectivity index (χ1v) is 8.87. The molecule has 138 valence electrons. The van der Waals surface area contributed by atoms with E-state index in [4.69, 9.17) is 17.3 Å². The molecule has 2 heterocycles. The van der Waals surface area contributed by atoms with Crippen LogP contribution in [0.3, 0.4) is 0 Å². The highest BCUT2D eigenvalue weighted by Gasteiger charge is 2.29. The van der Waals surface area contributed by atoms with Gasteiger partial charge in [-0.3, -0.25) is 10.1 Å². The Balaban J connectivity index is 1.86. The lowest BCUT2D eigenvalue weighted by molar-refractivity contribution is -0.383. The lowest BCUT2D eigenvalue weighted by atomic mass is 10.0.